The molecule has 0 heterocycles. The Morgan fingerprint density at radius 3 is 2.16 bits per heavy atom. The second-order valence-corrected chi connectivity index (χ2v) is 9.76. The van der Waals surface area contributed by atoms with Crippen molar-refractivity contribution < 1.29 is 19.5 Å². The molecule has 0 aliphatic rings. The first-order chi connectivity index (χ1) is 15.2. The normalized spacial score (nSPS) is 13.6. The average molecular weight is 457 g/mol. The number of nitrogens with zero attached hydrogens (tertiary/aromatic N) is 1. The maximum absolute atomic E-state index is 10.2. The number of carboxylic acid groups (broad SMARTS) is 1. The molecule has 0 aliphatic heterocycles. The molecule has 0 amide bonds. The van der Waals surface area contributed by atoms with Crippen LogP contribution in [-0.2, 0) is 4.79 Å². The van der Waals surface area contributed by atoms with Crippen LogP contribution in [0.4, 0.5) is 0 Å². The Balaban J connectivity index is 0. The van der Waals surface area contributed by atoms with Crippen molar-refractivity contribution in [2.45, 2.75) is 129 Å². The second kappa shape index (κ2) is 23.3. The van der Waals surface area contributed by atoms with Gasteiger partial charge in [0.1, 0.15) is 0 Å². The maximum atomic E-state index is 10.2. The van der Waals surface area contributed by atoms with Crippen LogP contribution < -0.4 is 10.8 Å². The molecule has 0 aromatic heterocycles. The molecule has 0 fully saturated rings. The molecule has 5 nitrogen and oxygen atoms in total. The van der Waals surface area contributed by atoms with Crippen LogP contribution in [0, 0.1) is 0 Å². The Labute approximate surface area is 200 Å². The van der Waals surface area contributed by atoms with E-state index < -0.39 is 5.97 Å². The number of nitrogens with two attached hydrogens (primary N) is 1. The van der Waals surface area contributed by atoms with Gasteiger partial charge in [0.2, 0.25) is 0 Å². The van der Waals surface area contributed by atoms with Gasteiger partial charge in [0.15, 0.2) is 0 Å². The number of unbranched alkanes of at least 4 members (excludes halogenated alkanes) is 8. The van der Waals surface area contributed by atoms with Gasteiger partial charge in [-0.3, -0.25) is 0 Å². The molecule has 32 heavy (non-hydrogen) atoms. The van der Waals surface area contributed by atoms with Crippen molar-refractivity contribution in [3.63, 3.8) is 0 Å². The lowest BCUT2D eigenvalue weighted by molar-refractivity contribution is -0.911. The third-order valence-corrected chi connectivity index (χ3v) is 6.55. The van der Waals surface area contributed by atoms with E-state index in [4.69, 9.17) is 5.73 Å². The first-order valence-corrected chi connectivity index (χ1v) is 13.3. The van der Waals surface area contributed by atoms with Crippen LogP contribution in [-0.4, -0.2) is 54.9 Å². The molecule has 3 N–H and O–H groups in total. The van der Waals surface area contributed by atoms with Gasteiger partial charge in [0.25, 0.3) is 0 Å². The van der Waals surface area contributed by atoms with Gasteiger partial charge in [-0.1, -0.05) is 64.0 Å². The van der Waals surface area contributed by atoms with Crippen LogP contribution in [0.15, 0.2) is 12.2 Å². The summed E-state index contributed by atoms with van der Waals surface area (Å²) in [4.78, 5) is 10.2. The number of hydrogen-bond donors (Lipinski definition) is 2. The van der Waals surface area contributed by atoms with E-state index in [1.165, 1.54) is 32.2 Å². The lowest BCUT2D eigenvalue weighted by Gasteiger charge is -2.35. The van der Waals surface area contributed by atoms with Crippen LogP contribution >= 0.6 is 0 Å². The largest absolute Gasteiger partial charge is 0.550 e. The fourth-order valence-corrected chi connectivity index (χ4v) is 3.43. The highest BCUT2D eigenvalue weighted by Gasteiger charge is 2.20. The summed E-state index contributed by atoms with van der Waals surface area (Å²) in [5.41, 5.74) is 5.45. The van der Waals surface area contributed by atoms with Crippen molar-refractivity contribution in [1.29, 1.82) is 0 Å². The van der Waals surface area contributed by atoms with E-state index in [0.29, 0.717) is 0 Å². The van der Waals surface area contributed by atoms with Crippen LogP contribution in [0.1, 0.15) is 117 Å². The zero-order valence-electron chi connectivity index (χ0n) is 22.1. The van der Waals surface area contributed by atoms with Crippen molar-refractivity contribution in [3.8, 4) is 0 Å². The molecule has 0 aromatic carbocycles. The number of hydrogen-bond acceptors (Lipinski definition) is 4. The number of carbonyl (C=O) groups excluding carboxylic acids is 1. The predicted octanol–water partition coefficient (Wildman–Crippen LogP) is 4.95. The quantitative estimate of drug-likeness (QED) is 0.154. The van der Waals surface area contributed by atoms with E-state index in [-0.39, 0.29) is 12.5 Å². The molecule has 0 aliphatic carbocycles. The standard InChI is InChI=1S/C18H34O3.C9H23N2/c1-2-3-4-11-14-17(19)15-12-9-7-5-6-8-10-13-16-18(20)21;1-5-11(3,4)9(2)7-6-8-10/h9,12,17,19H,2-8,10-11,13-16H2,1H3,(H,20,21);9H,5-8,10H2,1-4H3/q;+1/p-1/b12-9-;. The third-order valence-electron chi connectivity index (χ3n) is 6.55. The number of carbonyl (C=O) groups is 1. The van der Waals surface area contributed by atoms with Crippen molar-refractivity contribution in [1.82, 2.24) is 0 Å². The maximum Gasteiger partial charge on any atom is 0.0858 e. The lowest BCUT2D eigenvalue weighted by Crippen LogP contribution is -2.47. The van der Waals surface area contributed by atoms with E-state index in [0.717, 1.165) is 81.3 Å². The van der Waals surface area contributed by atoms with Gasteiger partial charge in [0, 0.05) is 12.4 Å². The SMILES string of the molecule is CCCCCCC(O)C/C=C\CCCCCCCC(=O)[O-].CC[N+](C)(C)C(C)CCCN. The fourth-order valence-electron chi connectivity index (χ4n) is 3.43. The Morgan fingerprint density at radius 1 is 0.938 bits per heavy atom. The molecule has 192 valence electrons. The number of aliphatic carboxylic acids is 1. The number of aliphatic hydroxyl groups excluding tert-OH is 1. The van der Waals surface area contributed by atoms with Crippen molar-refractivity contribution >= 4 is 5.97 Å². The number of allylic oxidation sites excluding steroid dienone is 1. The summed E-state index contributed by atoms with van der Waals surface area (Å²) in [6.45, 7) is 8.76. The predicted molar refractivity (Wildman–Crippen MR) is 136 cm³/mol. The summed E-state index contributed by atoms with van der Waals surface area (Å²) in [5, 5.41) is 20.0. The highest BCUT2D eigenvalue weighted by molar-refractivity contribution is 5.64. The van der Waals surface area contributed by atoms with Gasteiger partial charge in [-0.2, -0.15) is 0 Å². The Morgan fingerprint density at radius 2 is 1.56 bits per heavy atom. The van der Waals surface area contributed by atoms with E-state index in [2.05, 4.69) is 47.0 Å². The molecule has 0 bridgehead atoms. The Bertz CT molecular complexity index is 439. The summed E-state index contributed by atoms with van der Waals surface area (Å²) in [6, 6.07) is 0.739. The van der Waals surface area contributed by atoms with E-state index in [9.17, 15) is 15.0 Å². The number of rotatable bonds is 20. The summed E-state index contributed by atoms with van der Waals surface area (Å²) in [7, 11) is 4.56. The molecule has 0 radical (unpaired) electrons. The Hall–Kier alpha value is -0.910. The zero-order chi connectivity index (χ0) is 24.7. The molecule has 5 heteroatoms. The van der Waals surface area contributed by atoms with E-state index in [1.807, 2.05) is 0 Å². The van der Waals surface area contributed by atoms with Crippen LogP contribution in [0.5, 0.6) is 0 Å². The van der Waals surface area contributed by atoms with Gasteiger partial charge < -0.3 is 25.2 Å². The molecule has 0 saturated heterocycles. The highest BCUT2D eigenvalue weighted by atomic mass is 16.4. The van der Waals surface area contributed by atoms with E-state index in [1.54, 1.807) is 0 Å². The van der Waals surface area contributed by atoms with Gasteiger partial charge in [-0.05, 0) is 65.3 Å². The van der Waals surface area contributed by atoms with Crippen molar-refractivity contribution in [2.75, 3.05) is 27.2 Å². The first kappa shape index (κ1) is 33.3. The Kier molecular flexibility index (Phi) is 24.2. The number of quaternary nitrogens is 1. The number of aliphatic hydroxyl groups is 1. The molecule has 0 saturated carbocycles. The molecular formula is C27H56N2O3. The zero-order valence-corrected chi connectivity index (χ0v) is 22.1. The van der Waals surface area contributed by atoms with Crippen molar-refractivity contribution in [3.05, 3.63) is 12.2 Å². The molecule has 2 unspecified atom stereocenters. The summed E-state index contributed by atoms with van der Waals surface area (Å²) in [5.74, 6) is -0.939. The monoisotopic (exact) mass is 456 g/mol. The van der Waals surface area contributed by atoms with Gasteiger partial charge >= 0.3 is 0 Å². The van der Waals surface area contributed by atoms with Crippen LogP contribution in [0.2, 0.25) is 0 Å². The molecule has 0 aromatic rings. The number of carboxylic acids is 1. The van der Waals surface area contributed by atoms with Gasteiger partial charge in [0.05, 0.1) is 32.8 Å². The van der Waals surface area contributed by atoms with Gasteiger partial charge in [-0.15, -0.1) is 0 Å². The topological polar surface area (TPSA) is 86.4 Å². The lowest BCUT2D eigenvalue weighted by atomic mass is 10.1. The minimum absolute atomic E-state index is 0.178. The molecule has 2 atom stereocenters. The molecular weight excluding hydrogens is 400 g/mol. The third kappa shape index (κ3) is 23.7. The first-order valence-electron chi connectivity index (χ1n) is 13.3. The second-order valence-electron chi connectivity index (χ2n) is 9.76. The van der Waals surface area contributed by atoms with Crippen LogP contribution in [0.3, 0.4) is 0 Å². The average Bonchev–Trinajstić information content (AvgIpc) is 2.76. The minimum atomic E-state index is -0.939. The minimum Gasteiger partial charge on any atom is -0.550 e. The summed E-state index contributed by atoms with van der Waals surface area (Å²) in [6.07, 6.45) is 19.4. The highest BCUT2D eigenvalue weighted by Crippen LogP contribution is 2.11. The molecule has 0 rings (SSSR count). The van der Waals surface area contributed by atoms with Gasteiger partial charge in [-0.25, -0.2) is 0 Å². The molecule has 0 spiro atoms. The smallest absolute Gasteiger partial charge is 0.0858 e. The van der Waals surface area contributed by atoms with Crippen LogP contribution in [0.25, 0.3) is 0 Å². The summed E-state index contributed by atoms with van der Waals surface area (Å²) < 4.78 is 1.11. The fraction of sp³-hybridized carbons (Fsp3) is 0.889. The van der Waals surface area contributed by atoms with E-state index >= 15 is 0 Å². The summed E-state index contributed by atoms with van der Waals surface area (Å²) >= 11 is 0. The van der Waals surface area contributed by atoms with Crippen molar-refractivity contribution in [2.24, 2.45) is 5.73 Å².